The van der Waals surface area contributed by atoms with Gasteiger partial charge in [-0.3, -0.25) is 9.59 Å². The van der Waals surface area contributed by atoms with Crippen molar-refractivity contribution in [3.8, 4) is 11.5 Å². The molecule has 188 valence electrons. The van der Waals surface area contributed by atoms with E-state index in [2.05, 4.69) is 10.6 Å². The molecule has 0 saturated heterocycles. The standard InChI is InChI=1S/C22H28N4O6.2ClH/c23-15(3-1-9-27)25-11-5-6-12(26-16(24)4-2-10-28)18-17(11)21(31)19-13(29)7-8-14(30)20(19)22(18)32;;/h5-8,15-16,25-30H,1-4,9-10,23-24H2;2*1H. The Kier molecular flexibility index (Phi) is 11.0. The number of carbonyl (C=O) groups excluding carboxylic acids is 2. The number of phenolic OH excluding ortho intramolecular Hbond substituents is 2. The summed E-state index contributed by atoms with van der Waals surface area (Å²) < 4.78 is 0. The van der Waals surface area contributed by atoms with Crippen LogP contribution in [-0.4, -0.2) is 57.5 Å². The first-order chi connectivity index (χ1) is 15.3. The highest BCUT2D eigenvalue weighted by atomic mass is 35.5. The van der Waals surface area contributed by atoms with E-state index >= 15 is 0 Å². The molecule has 10 nitrogen and oxygen atoms in total. The predicted octanol–water partition coefficient (Wildman–Crippen LogP) is 1.66. The molecule has 2 unspecified atom stereocenters. The van der Waals surface area contributed by atoms with Crippen LogP contribution in [0.3, 0.4) is 0 Å². The summed E-state index contributed by atoms with van der Waals surface area (Å²) in [6.07, 6.45) is 0.530. The average Bonchev–Trinajstić information content (AvgIpc) is 2.76. The molecule has 2 aromatic carbocycles. The molecule has 0 radical (unpaired) electrons. The van der Waals surface area contributed by atoms with Crippen LogP contribution >= 0.6 is 24.8 Å². The Hall–Kier alpha value is -2.60. The first kappa shape index (κ1) is 29.4. The fraction of sp³-hybridized carbons (Fsp3) is 0.364. The predicted molar refractivity (Wildman–Crippen MR) is 133 cm³/mol. The summed E-state index contributed by atoms with van der Waals surface area (Å²) in [6.45, 7) is -0.0833. The van der Waals surface area contributed by atoms with Crippen molar-refractivity contribution < 1.29 is 30.0 Å². The Bertz CT molecular complexity index is 957. The van der Waals surface area contributed by atoms with Crippen LogP contribution in [0.15, 0.2) is 24.3 Å². The number of nitrogens with two attached hydrogens (primary N) is 2. The van der Waals surface area contributed by atoms with Crippen molar-refractivity contribution in [2.24, 2.45) is 11.5 Å². The first-order valence-electron chi connectivity index (χ1n) is 10.4. The molecule has 34 heavy (non-hydrogen) atoms. The number of ketones is 2. The molecule has 3 rings (SSSR count). The van der Waals surface area contributed by atoms with Crippen molar-refractivity contribution in [3.05, 3.63) is 46.5 Å². The van der Waals surface area contributed by atoms with Crippen LogP contribution in [-0.2, 0) is 0 Å². The third-order valence-electron chi connectivity index (χ3n) is 5.30. The van der Waals surface area contributed by atoms with E-state index in [9.17, 15) is 19.8 Å². The number of halogens is 2. The largest absolute Gasteiger partial charge is 0.507 e. The summed E-state index contributed by atoms with van der Waals surface area (Å²) in [4.78, 5) is 26.8. The fourth-order valence-corrected chi connectivity index (χ4v) is 3.77. The van der Waals surface area contributed by atoms with E-state index in [4.69, 9.17) is 21.7 Å². The van der Waals surface area contributed by atoms with Gasteiger partial charge < -0.3 is 42.5 Å². The molecule has 0 bridgehead atoms. The van der Waals surface area contributed by atoms with Crippen molar-refractivity contribution in [2.45, 2.75) is 38.0 Å². The lowest BCUT2D eigenvalue weighted by molar-refractivity contribution is 0.0975. The third kappa shape index (κ3) is 5.90. The monoisotopic (exact) mass is 516 g/mol. The van der Waals surface area contributed by atoms with Crippen LogP contribution in [0.1, 0.15) is 57.5 Å². The molecule has 1 aliphatic rings. The van der Waals surface area contributed by atoms with Gasteiger partial charge in [0.25, 0.3) is 0 Å². The van der Waals surface area contributed by atoms with Crippen LogP contribution in [0.25, 0.3) is 0 Å². The smallest absolute Gasteiger partial charge is 0.200 e. The zero-order valence-corrected chi connectivity index (χ0v) is 19.9. The molecule has 0 fully saturated rings. The minimum Gasteiger partial charge on any atom is -0.507 e. The van der Waals surface area contributed by atoms with Gasteiger partial charge in [0.15, 0.2) is 0 Å². The zero-order chi connectivity index (χ0) is 23.4. The molecule has 12 heteroatoms. The minimum atomic E-state index is -0.646. The number of aromatic hydroxyl groups is 2. The second kappa shape index (κ2) is 12.7. The van der Waals surface area contributed by atoms with Crippen molar-refractivity contribution in [1.82, 2.24) is 0 Å². The highest BCUT2D eigenvalue weighted by Crippen LogP contribution is 2.42. The zero-order valence-electron chi connectivity index (χ0n) is 18.3. The molecule has 0 aromatic heterocycles. The number of aliphatic hydroxyl groups is 2. The van der Waals surface area contributed by atoms with E-state index in [1.54, 1.807) is 12.1 Å². The molecule has 0 aliphatic heterocycles. The van der Waals surface area contributed by atoms with E-state index in [1.807, 2.05) is 0 Å². The van der Waals surface area contributed by atoms with Gasteiger partial charge in [-0.25, -0.2) is 0 Å². The number of hydrogen-bond donors (Lipinski definition) is 8. The van der Waals surface area contributed by atoms with E-state index in [0.717, 1.165) is 12.1 Å². The van der Waals surface area contributed by atoms with Gasteiger partial charge in [0.2, 0.25) is 11.6 Å². The molecule has 2 aromatic rings. The first-order valence-corrected chi connectivity index (χ1v) is 10.4. The van der Waals surface area contributed by atoms with Crippen LogP contribution in [0.4, 0.5) is 11.4 Å². The molecule has 10 N–H and O–H groups in total. The number of carbonyl (C=O) groups is 2. The maximum absolute atomic E-state index is 13.4. The molecule has 0 heterocycles. The molecule has 0 saturated carbocycles. The lowest BCUT2D eigenvalue weighted by Gasteiger charge is -2.27. The van der Waals surface area contributed by atoms with Gasteiger partial charge in [0.1, 0.15) is 11.5 Å². The van der Waals surface area contributed by atoms with Crippen molar-refractivity contribution in [2.75, 3.05) is 23.8 Å². The van der Waals surface area contributed by atoms with Crippen LogP contribution in [0.2, 0.25) is 0 Å². The Balaban J connectivity index is 0.00000289. The topological polar surface area (TPSA) is 191 Å². The second-order valence-corrected chi connectivity index (χ2v) is 7.66. The minimum absolute atomic E-state index is 0. The molecule has 2 atom stereocenters. The second-order valence-electron chi connectivity index (χ2n) is 7.66. The van der Waals surface area contributed by atoms with Gasteiger partial charge in [-0.05, 0) is 49.9 Å². The molecule has 0 spiro atoms. The number of nitrogens with one attached hydrogen (secondary N) is 2. The number of phenols is 2. The normalized spacial score (nSPS) is 13.6. The summed E-state index contributed by atoms with van der Waals surface area (Å²) >= 11 is 0. The number of hydrogen-bond acceptors (Lipinski definition) is 10. The Morgan fingerprint density at radius 3 is 1.35 bits per heavy atom. The van der Waals surface area contributed by atoms with E-state index in [-0.39, 0.29) is 71.7 Å². The fourth-order valence-electron chi connectivity index (χ4n) is 3.77. The molecule has 0 amide bonds. The van der Waals surface area contributed by atoms with E-state index < -0.39 is 35.4 Å². The van der Waals surface area contributed by atoms with Gasteiger partial charge in [0, 0.05) is 24.6 Å². The van der Waals surface area contributed by atoms with Crippen LogP contribution in [0, 0.1) is 0 Å². The van der Waals surface area contributed by atoms with Crippen molar-refractivity contribution in [3.63, 3.8) is 0 Å². The Morgan fingerprint density at radius 1 is 0.676 bits per heavy atom. The molecular weight excluding hydrogens is 487 g/mol. The maximum atomic E-state index is 13.4. The van der Waals surface area contributed by atoms with Gasteiger partial charge in [-0.2, -0.15) is 0 Å². The summed E-state index contributed by atoms with van der Waals surface area (Å²) in [5, 5.41) is 44.6. The van der Waals surface area contributed by atoms with E-state index in [1.165, 1.54) is 0 Å². The van der Waals surface area contributed by atoms with Crippen molar-refractivity contribution >= 4 is 47.8 Å². The average molecular weight is 517 g/mol. The van der Waals surface area contributed by atoms with Gasteiger partial charge in [0.05, 0.1) is 34.6 Å². The van der Waals surface area contributed by atoms with Crippen molar-refractivity contribution in [1.29, 1.82) is 0 Å². The summed E-state index contributed by atoms with van der Waals surface area (Å²) in [5.74, 6) is -2.13. The Morgan fingerprint density at radius 2 is 1.03 bits per heavy atom. The van der Waals surface area contributed by atoms with Gasteiger partial charge in [-0.1, -0.05) is 0 Å². The van der Waals surface area contributed by atoms with E-state index in [0.29, 0.717) is 25.7 Å². The van der Waals surface area contributed by atoms with Crippen LogP contribution in [0.5, 0.6) is 11.5 Å². The number of rotatable bonds is 10. The number of fused-ring (bicyclic) bond motifs is 2. The lowest BCUT2D eigenvalue weighted by atomic mass is 9.81. The number of benzene rings is 2. The van der Waals surface area contributed by atoms with Gasteiger partial charge >= 0.3 is 0 Å². The highest BCUT2D eigenvalue weighted by Gasteiger charge is 2.38. The number of aliphatic hydroxyl groups excluding tert-OH is 2. The third-order valence-corrected chi connectivity index (χ3v) is 5.30. The van der Waals surface area contributed by atoms with Gasteiger partial charge in [-0.15, -0.1) is 24.8 Å². The highest BCUT2D eigenvalue weighted by molar-refractivity contribution is 6.33. The lowest BCUT2D eigenvalue weighted by Crippen LogP contribution is -2.34. The van der Waals surface area contributed by atoms with Crippen LogP contribution < -0.4 is 22.1 Å². The summed E-state index contributed by atoms with van der Waals surface area (Å²) in [5.41, 5.74) is 12.1. The number of anilines is 2. The Labute approximate surface area is 209 Å². The maximum Gasteiger partial charge on any atom is 0.200 e. The summed E-state index contributed by atoms with van der Waals surface area (Å²) in [6, 6.07) is 5.46. The summed E-state index contributed by atoms with van der Waals surface area (Å²) in [7, 11) is 0. The molecular formula is C22H30Cl2N4O6. The molecule has 1 aliphatic carbocycles. The SMILES string of the molecule is Cl.Cl.NC(CCCO)Nc1ccc(NC(N)CCCO)c2c1C(=O)c1c(O)ccc(O)c1C2=O. The quantitative estimate of drug-likeness (QED) is 0.145.